The molecule has 168 valence electrons. The van der Waals surface area contributed by atoms with E-state index in [9.17, 15) is 5.11 Å². The maximum Gasteiger partial charge on any atom is 0.230 e. The van der Waals surface area contributed by atoms with E-state index in [-0.39, 0.29) is 32.2 Å². The summed E-state index contributed by atoms with van der Waals surface area (Å²) in [5.41, 5.74) is 6.87. The van der Waals surface area contributed by atoms with Crippen LogP contribution in [0.1, 0.15) is 26.3 Å². The minimum Gasteiger partial charge on any atom is -0.507 e. The van der Waals surface area contributed by atoms with E-state index < -0.39 is 0 Å². The number of fused-ring (bicyclic) bond motifs is 1. The Bertz CT molecular complexity index is 1430. The van der Waals surface area contributed by atoms with Crippen molar-refractivity contribution in [3.05, 3.63) is 90.6 Å². The molecule has 0 aliphatic heterocycles. The van der Waals surface area contributed by atoms with Crippen molar-refractivity contribution in [3.63, 3.8) is 0 Å². The molecular weight excluding hydrogens is 591 g/mol. The van der Waals surface area contributed by atoms with Crippen LogP contribution in [0.5, 0.6) is 5.75 Å². The van der Waals surface area contributed by atoms with Gasteiger partial charge in [-0.2, -0.15) is 0 Å². The molecule has 0 spiro atoms. The number of aromatic hydroxyl groups is 1. The molecule has 5 rings (SSSR count). The number of benzene rings is 3. The van der Waals surface area contributed by atoms with Crippen molar-refractivity contribution < 1.29 is 30.6 Å². The van der Waals surface area contributed by atoms with Gasteiger partial charge in [0.05, 0.1) is 11.1 Å². The van der Waals surface area contributed by atoms with Crippen molar-refractivity contribution in [1.82, 2.24) is 9.97 Å². The van der Waals surface area contributed by atoms with E-state index in [1.165, 1.54) is 5.56 Å². The standard InChI is InChI=1S/C28H23N2O2.Pt/c1-28(2,3)20-14-15-29-23(17-20)19-9-6-8-18(16-19)21-11-7-13-25-26(21)30-27(32-25)22-10-4-5-12-24(22)31;/h4-15,17,31H,1-3H3;/q-1;. The third kappa shape index (κ3) is 4.49. The van der Waals surface area contributed by atoms with Crippen LogP contribution in [0.2, 0.25) is 0 Å². The summed E-state index contributed by atoms with van der Waals surface area (Å²) in [6.45, 7) is 6.58. The molecule has 5 heteroatoms. The fourth-order valence-corrected chi connectivity index (χ4v) is 3.76. The van der Waals surface area contributed by atoms with Gasteiger partial charge in [0.2, 0.25) is 5.89 Å². The molecule has 1 N–H and O–H groups in total. The second-order valence-corrected chi connectivity index (χ2v) is 8.85. The summed E-state index contributed by atoms with van der Waals surface area (Å²) in [6.07, 6.45) is 1.85. The Hall–Kier alpha value is -3.23. The topological polar surface area (TPSA) is 59.2 Å². The SMILES string of the molecule is CC(C)(C)c1ccnc(-c2[c-]c(-c3cccc4oc(-c5ccccc5O)nc34)ccc2)c1.[Pt]. The molecule has 2 heterocycles. The van der Waals surface area contributed by atoms with E-state index in [0.29, 0.717) is 17.0 Å². The van der Waals surface area contributed by atoms with E-state index in [0.717, 1.165) is 27.9 Å². The van der Waals surface area contributed by atoms with E-state index in [1.807, 2.05) is 48.7 Å². The van der Waals surface area contributed by atoms with Gasteiger partial charge in [-0.05, 0) is 35.2 Å². The molecular formula is C28H23N2O2Pt-. The zero-order valence-corrected chi connectivity index (χ0v) is 20.8. The zero-order valence-electron chi connectivity index (χ0n) is 18.6. The number of nitrogens with zero attached hydrogens (tertiary/aromatic N) is 2. The molecule has 0 fully saturated rings. The molecule has 0 aliphatic carbocycles. The number of pyridine rings is 1. The second-order valence-electron chi connectivity index (χ2n) is 8.85. The molecule has 4 nitrogen and oxygen atoms in total. The van der Waals surface area contributed by atoms with Crippen LogP contribution in [0.3, 0.4) is 0 Å². The summed E-state index contributed by atoms with van der Waals surface area (Å²) in [5, 5.41) is 10.2. The maximum absolute atomic E-state index is 10.2. The van der Waals surface area contributed by atoms with Crippen LogP contribution in [0.4, 0.5) is 0 Å². The van der Waals surface area contributed by atoms with Crippen LogP contribution >= 0.6 is 0 Å². The molecule has 33 heavy (non-hydrogen) atoms. The predicted octanol–water partition coefficient (Wildman–Crippen LogP) is 7.02. The summed E-state index contributed by atoms with van der Waals surface area (Å²) in [4.78, 5) is 9.29. The number of hydrogen-bond donors (Lipinski definition) is 1. The zero-order chi connectivity index (χ0) is 22.3. The number of phenols is 1. The summed E-state index contributed by atoms with van der Waals surface area (Å²) < 4.78 is 5.97. The van der Waals surface area contributed by atoms with Crippen LogP contribution in [-0.2, 0) is 26.5 Å². The summed E-state index contributed by atoms with van der Waals surface area (Å²) in [7, 11) is 0. The van der Waals surface area contributed by atoms with Gasteiger partial charge in [-0.3, -0.25) is 4.98 Å². The van der Waals surface area contributed by atoms with E-state index in [1.54, 1.807) is 18.2 Å². The van der Waals surface area contributed by atoms with Crippen LogP contribution in [0.25, 0.3) is 44.9 Å². The Balaban J connectivity index is 0.00000259. The average Bonchev–Trinajstić information content (AvgIpc) is 3.23. The smallest absolute Gasteiger partial charge is 0.230 e. The number of oxazole rings is 1. The van der Waals surface area contributed by atoms with Crippen molar-refractivity contribution in [2.75, 3.05) is 0 Å². The predicted molar refractivity (Wildman–Crippen MR) is 127 cm³/mol. The van der Waals surface area contributed by atoms with Crippen molar-refractivity contribution in [2.45, 2.75) is 26.2 Å². The first-order valence-electron chi connectivity index (χ1n) is 10.6. The van der Waals surface area contributed by atoms with Gasteiger partial charge < -0.3 is 9.52 Å². The van der Waals surface area contributed by atoms with Gasteiger partial charge >= 0.3 is 0 Å². The number of phenolic OH excluding ortho intramolecular Hbond substituents is 1. The van der Waals surface area contributed by atoms with Gasteiger partial charge in [-0.15, -0.1) is 29.8 Å². The summed E-state index contributed by atoms with van der Waals surface area (Å²) >= 11 is 0. The van der Waals surface area contributed by atoms with Gasteiger partial charge in [0.25, 0.3) is 0 Å². The largest absolute Gasteiger partial charge is 0.507 e. The third-order valence-electron chi connectivity index (χ3n) is 5.54. The van der Waals surface area contributed by atoms with Gasteiger partial charge in [0.15, 0.2) is 0 Å². The number of rotatable bonds is 3. The second kappa shape index (κ2) is 8.96. The first-order chi connectivity index (χ1) is 15.4. The molecule has 0 saturated heterocycles. The van der Waals surface area contributed by atoms with Crippen molar-refractivity contribution >= 4 is 11.1 Å². The molecule has 2 aromatic heterocycles. The van der Waals surface area contributed by atoms with Crippen molar-refractivity contribution in [1.29, 1.82) is 0 Å². The molecule has 0 bridgehead atoms. The van der Waals surface area contributed by atoms with Crippen molar-refractivity contribution in [2.24, 2.45) is 0 Å². The average molecular weight is 615 g/mol. The number of hydrogen-bond acceptors (Lipinski definition) is 4. The van der Waals surface area contributed by atoms with Crippen LogP contribution < -0.4 is 0 Å². The number of aromatic nitrogens is 2. The maximum atomic E-state index is 10.2. The van der Waals surface area contributed by atoms with Gasteiger partial charge in [0, 0.05) is 33.0 Å². The Morgan fingerprint density at radius 3 is 2.36 bits per heavy atom. The van der Waals surface area contributed by atoms with Gasteiger partial charge in [-0.1, -0.05) is 62.2 Å². The fraction of sp³-hybridized carbons (Fsp3) is 0.143. The van der Waals surface area contributed by atoms with E-state index >= 15 is 0 Å². The quantitative estimate of drug-likeness (QED) is 0.222. The molecule has 0 atom stereocenters. The Morgan fingerprint density at radius 2 is 1.58 bits per heavy atom. The monoisotopic (exact) mass is 614 g/mol. The summed E-state index contributed by atoms with van der Waals surface area (Å²) in [6, 6.07) is 26.6. The Morgan fingerprint density at radius 1 is 0.848 bits per heavy atom. The van der Waals surface area contributed by atoms with Gasteiger partial charge in [-0.25, -0.2) is 4.98 Å². The Labute approximate surface area is 207 Å². The van der Waals surface area contributed by atoms with E-state index in [2.05, 4.69) is 44.0 Å². The molecule has 0 amide bonds. The fourth-order valence-electron chi connectivity index (χ4n) is 3.76. The normalized spacial score (nSPS) is 11.4. The van der Waals surface area contributed by atoms with Gasteiger partial charge in [0.1, 0.15) is 11.3 Å². The molecule has 0 radical (unpaired) electrons. The summed E-state index contributed by atoms with van der Waals surface area (Å²) in [5.74, 6) is 0.528. The first kappa shape index (κ1) is 22.9. The molecule has 0 saturated carbocycles. The van der Waals surface area contributed by atoms with Crippen molar-refractivity contribution in [3.8, 4) is 39.6 Å². The minimum absolute atomic E-state index is 0. The first-order valence-corrected chi connectivity index (χ1v) is 10.6. The Kier molecular flexibility index (Phi) is 6.23. The third-order valence-corrected chi connectivity index (χ3v) is 5.54. The molecule has 0 unspecified atom stereocenters. The van der Waals surface area contributed by atoms with Crippen LogP contribution in [-0.4, -0.2) is 15.1 Å². The minimum atomic E-state index is 0. The molecule has 0 aliphatic rings. The molecule has 5 aromatic rings. The van der Waals surface area contributed by atoms with E-state index in [4.69, 9.17) is 9.40 Å². The molecule has 3 aromatic carbocycles. The number of para-hydroxylation sites is 2. The van der Waals surface area contributed by atoms with Crippen LogP contribution in [0, 0.1) is 6.07 Å². The van der Waals surface area contributed by atoms with Crippen LogP contribution in [0.15, 0.2) is 83.4 Å².